The van der Waals surface area contributed by atoms with Crippen molar-refractivity contribution in [3.63, 3.8) is 0 Å². The van der Waals surface area contributed by atoms with Crippen LogP contribution in [0.15, 0.2) is 127 Å². The maximum absolute atomic E-state index is 2.62. The molecular weight excluding hydrogens is 399 g/mol. The van der Waals surface area contributed by atoms with Crippen molar-refractivity contribution in [2.45, 2.75) is 5.21 Å². The monoisotopic (exact) mass is 423 g/mol. The van der Waals surface area contributed by atoms with Gasteiger partial charge in [0.2, 0.25) is 0 Å². The van der Waals surface area contributed by atoms with Gasteiger partial charge in [0.15, 0.2) is 0 Å². The molecule has 0 nitrogen and oxygen atoms in total. The Kier molecular flexibility index (Phi) is 5.90. The van der Waals surface area contributed by atoms with E-state index in [-0.39, 0.29) is 0 Å². The van der Waals surface area contributed by atoms with Crippen LogP contribution in [0.25, 0.3) is 6.08 Å². The third kappa shape index (κ3) is 3.88. The Labute approximate surface area is 170 Å². The Morgan fingerprint density at radius 3 is 1.21 bits per heavy atom. The standard InChI is InChI=1S/C27H24As/c1-5-14-24(15-6-1)16-13-23-28(25-17-7-2-8-18-25,26-19-9-3-10-20-26)27-21-11-4-12-22-27/h1-22H,23H2/q+1/b16-13+. The van der Waals surface area contributed by atoms with E-state index in [1.807, 2.05) is 0 Å². The zero-order chi connectivity index (χ0) is 19.1. The molecule has 0 N–H and O–H groups in total. The molecule has 0 amide bonds. The first kappa shape index (κ1) is 18.5. The molecule has 0 saturated carbocycles. The summed E-state index contributed by atoms with van der Waals surface area (Å²) >= 11 is -2.62. The molecule has 1 heteroatoms. The number of allylic oxidation sites excluding steroid dienone is 1. The predicted octanol–water partition coefficient (Wildman–Crippen LogP) is 4.87. The summed E-state index contributed by atoms with van der Waals surface area (Å²) in [6.45, 7) is 0. The molecule has 0 spiro atoms. The molecule has 0 fully saturated rings. The summed E-state index contributed by atoms with van der Waals surface area (Å²) in [6, 6.07) is 43.9. The van der Waals surface area contributed by atoms with Crippen molar-refractivity contribution >= 4 is 32.7 Å². The van der Waals surface area contributed by atoms with E-state index in [9.17, 15) is 0 Å². The molecule has 0 aromatic heterocycles. The molecule has 0 unspecified atom stereocenters. The summed E-state index contributed by atoms with van der Waals surface area (Å²) in [6.07, 6.45) is 4.65. The van der Waals surface area contributed by atoms with Gasteiger partial charge in [0.1, 0.15) is 0 Å². The molecule has 0 heterocycles. The van der Waals surface area contributed by atoms with Gasteiger partial charge in [-0.1, -0.05) is 0 Å². The third-order valence-electron chi connectivity index (χ3n) is 5.08. The van der Waals surface area contributed by atoms with Crippen LogP contribution in [0.3, 0.4) is 0 Å². The minimum atomic E-state index is -2.62. The topological polar surface area (TPSA) is 0 Å². The van der Waals surface area contributed by atoms with Crippen LogP contribution >= 0.6 is 0 Å². The Balaban J connectivity index is 1.87. The van der Waals surface area contributed by atoms with Gasteiger partial charge >= 0.3 is 171 Å². The first-order chi connectivity index (χ1) is 13.9. The van der Waals surface area contributed by atoms with Crippen LogP contribution in [0.5, 0.6) is 0 Å². The van der Waals surface area contributed by atoms with Gasteiger partial charge in [-0.15, -0.1) is 0 Å². The van der Waals surface area contributed by atoms with Crippen molar-refractivity contribution in [1.29, 1.82) is 0 Å². The second-order valence-corrected chi connectivity index (χ2v) is 14.2. The van der Waals surface area contributed by atoms with Crippen molar-refractivity contribution in [2.24, 2.45) is 0 Å². The normalized spacial score (nSPS) is 11.6. The van der Waals surface area contributed by atoms with Crippen LogP contribution in [0.1, 0.15) is 5.56 Å². The third-order valence-corrected chi connectivity index (χ3v) is 14.1. The molecule has 0 aliphatic carbocycles. The van der Waals surface area contributed by atoms with E-state index in [1.165, 1.54) is 18.6 Å². The Morgan fingerprint density at radius 1 is 0.464 bits per heavy atom. The molecular formula is C27H24As+. The molecule has 4 aromatic rings. The van der Waals surface area contributed by atoms with Gasteiger partial charge in [0, 0.05) is 0 Å². The maximum atomic E-state index is 2.38. The molecule has 0 aliphatic heterocycles. The molecule has 0 aliphatic rings. The van der Waals surface area contributed by atoms with Gasteiger partial charge in [0.25, 0.3) is 0 Å². The second-order valence-electron chi connectivity index (χ2n) is 6.81. The molecule has 0 radical (unpaired) electrons. The first-order valence-corrected chi connectivity index (χ1v) is 13.8. The summed E-state index contributed by atoms with van der Waals surface area (Å²) in [5, 5.41) is 1.06. The van der Waals surface area contributed by atoms with Crippen LogP contribution in [0.4, 0.5) is 0 Å². The van der Waals surface area contributed by atoms with E-state index < -0.39 is 13.6 Å². The van der Waals surface area contributed by atoms with E-state index >= 15 is 0 Å². The van der Waals surface area contributed by atoms with Crippen molar-refractivity contribution < 1.29 is 0 Å². The molecule has 0 atom stereocenters. The summed E-state index contributed by atoms with van der Waals surface area (Å²) in [5.41, 5.74) is 1.25. The van der Waals surface area contributed by atoms with Crippen molar-refractivity contribution in [1.82, 2.24) is 0 Å². The molecule has 4 rings (SSSR count). The van der Waals surface area contributed by atoms with Gasteiger partial charge in [-0.25, -0.2) is 0 Å². The summed E-state index contributed by atoms with van der Waals surface area (Å²) in [7, 11) is 0. The molecule has 136 valence electrons. The molecule has 0 saturated heterocycles. The van der Waals surface area contributed by atoms with Crippen molar-refractivity contribution in [3.8, 4) is 0 Å². The second kappa shape index (κ2) is 8.91. The zero-order valence-corrected chi connectivity index (χ0v) is 17.7. The Morgan fingerprint density at radius 2 is 0.821 bits per heavy atom. The van der Waals surface area contributed by atoms with Gasteiger partial charge in [-0.3, -0.25) is 0 Å². The zero-order valence-electron chi connectivity index (χ0n) is 15.9. The van der Waals surface area contributed by atoms with Crippen molar-refractivity contribution in [2.75, 3.05) is 0 Å². The van der Waals surface area contributed by atoms with Crippen LogP contribution in [0, 0.1) is 0 Å². The summed E-state index contributed by atoms with van der Waals surface area (Å²) in [4.78, 5) is 0. The van der Waals surface area contributed by atoms with E-state index in [2.05, 4.69) is 133 Å². The predicted molar refractivity (Wildman–Crippen MR) is 124 cm³/mol. The van der Waals surface area contributed by atoms with Gasteiger partial charge < -0.3 is 0 Å². The van der Waals surface area contributed by atoms with E-state index in [0.29, 0.717) is 0 Å². The minimum absolute atomic E-state index is 1.06. The average molecular weight is 423 g/mol. The van der Waals surface area contributed by atoms with Gasteiger partial charge in [0.05, 0.1) is 0 Å². The van der Waals surface area contributed by atoms with Gasteiger partial charge in [-0.05, 0) is 0 Å². The SMILES string of the molecule is C(=C\c1ccccc1)/C[As+](c1ccccc1)(c1ccccc1)c1ccccc1. The number of rotatable bonds is 6. The van der Waals surface area contributed by atoms with Crippen LogP contribution in [-0.4, -0.2) is 13.6 Å². The molecule has 4 aromatic carbocycles. The Bertz CT molecular complexity index is 910. The van der Waals surface area contributed by atoms with E-state index in [0.717, 1.165) is 5.21 Å². The van der Waals surface area contributed by atoms with E-state index in [4.69, 9.17) is 0 Å². The van der Waals surface area contributed by atoms with E-state index in [1.54, 1.807) is 0 Å². The number of hydrogen-bond donors (Lipinski definition) is 0. The summed E-state index contributed by atoms with van der Waals surface area (Å²) < 4.78 is 4.45. The quantitative estimate of drug-likeness (QED) is 0.388. The van der Waals surface area contributed by atoms with Crippen LogP contribution in [0.2, 0.25) is 5.21 Å². The summed E-state index contributed by atoms with van der Waals surface area (Å²) in [5.74, 6) is 0. The Hall–Kier alpha value is -2.82. The first-order valence-electron chi connectivity index (χ1n) is 9.66. The van der Waals surface area contributed by atoms with Crippen LogP contribution < -0.4 is 13.1 Å². The average Bonchev–Trinajstić information content (AvgIpc) is 2.79. The number of benzene rings is 4. The van der Waals surface area contributed by atoms with Crippen LogP contribution in [-0.2, 0) is 0 Å². The molecule has 28 heavy (non-hydrogen) atoms. The fourth-order valence-corrected chi connectivity index (χ4v) is 12.1. The van der Waals surface area contributed by atoms with Gasteiger partial charge in [-0.2, -0.15) is 0 Å². The van der Waals surface area contributed by atoms with Crippen molar-refractivity contribution in [3.05, 3.63) is 133 Å². The fourth-order valence-electron chi connectivity index (χ4n) is 3.72. The number of hydrogen-bond acceptors (Lipinski definition) is 0. The molecule has 0 bridgehead atoms. The fraction of sp³-hybridized carbons (Fsp3) is 0.0370.